The third-order valence-corrected chi connectivity index (χ3v) is 2.34. The summed E-state index contributed by atoms with van der Waals surface area (Å²) in [6.07, 6.45) is 9.96. The topological polar surface area (TPSA) is 36.9 Å². The van der Waals surface area contributed by atoms with E-state index in [1.807, 2.05) is 18.2 Å². The van der Waals surface area contributed by atoms with Gasteiger partial charge in [-0.3, -0.25) is 9.83 Å². The monoisotopic (exact) mass is 175 g/mol. The summed E-state index contributed by atoms with van der Waals surface area (Å²) in [5.41, 5.74) is 3.88. The number of allylic oxidation sites excluding steroid dienone is 2. The van der Waals surface area contributed by atoms with Crippen molar-refractivity contribution in [1.29, 1.82) is 0 Å². The standard InChI is InChI=1S/C9H9N3O/c1-2-4-8-7(3-1)10-5-9-11-13-6-12(8)9/h1-5,8,11H,6H2. The van der Waals surface area contributed by atoms with Gasteiger partial charge in [0.2, 0.25) is 0 Å². The van der Waals surface area contributed by atoms with E-state index in [2.05, 4.69) is 21.4 Å². The lowest BCUT2D eigenvalue weighted by atomic mass is 10.0. The van der Waals surface area contributed by atoms with Gasteiger partial charge in [-0.2, -0.15) is 0 Å². The van der Waals surface area contributed by atoms with Crippen LogP contribution in [0.15, 0.2) is 41.3 Å². The van der Waals surface area contributed by atoms with Crippen molar-refractivity contribution < 1.29 is 4.84 Å². The summed E-state index contributed by atoms with van der Waals surface area (Å²) in [4.78, 5) is 11.6. The number of fused-ring (bicyclic) bond motifs is 3. The number of hydrogen-bond donors (Lipinski definition) is 1. The van der Waals surface area contributed by atoms with Crippen LogP contribution in [0.5, 0.6) is 0 Å². The van der Waals surface area contributed by atoms with Crippen molar-refractivity contribution >= 4 is 5.71 Å². The van der Waals surface area contributed by atoms with Gasteiger partial charge >= 0.3 is 0 Å². The van der Waals surface area contributed by atoms with Gasteiger partial charge in [-0.05, 0) is 6.08 Å². The molecule has 3 rings (SSSR count). The minimum absolute atomic E-state index is 0.236. The Balaban J connectivity index is 2.03. The molecule has 0 spiro atoms. The normalized spacial score (nSPS) is 28.9. The molecule has 1 atom stereocenters. The molecule has 4 nitrogen and oxygen atoms in total. The molecule has 0 amide bonds. The Morgan fingerprint density at radius 3 is 3.54 bits per heavy atom. The maximum Gasteiger partial charge on any atom is 0.148 e. The van der Waals surface area contributed by atoms with Gasteiger partial charge in [0.1, 0.15) is 12.6 Å². The fourth-order valence-electron chi connectivity index (χ4n) is 1.67. The maximum atomic E-state index is 5.12. The summed E-state index contributed by atoms with van der Waals surface area (Å²) in [5.74, 6) is 0.939. The largest absolute Gasteiger partial charge is 0.318 e. The summed E-state index contributed by atoms with van der Waals surface area (Å²) >= 11 is 0. The quantitative estimate of drug-likeness (QED) is 0.583. The van der Waals surface area contributed by atoms with E-state index < -0.39 is 0 Å². The molecule has 1 aliphatic carbocycles. The van der Waals surface area contributed by atoms with Crippen LogP contribution >= 0.6 is 0 Å². The Morgan fingerprint density at radius 2 is 2.54 bits per heavy atom. The van der Waals surface area contributed by atoms with Crippen LogP contribution in [-0.2, 0) is 4.84 Å². The lowest BCUT2D eigenvalue weighted by Crippen LogP contribution is -2.39. The van der Waals surface area contributed by atoms with E-state index in [0.717, 1.165) is 11.5 Å². The van der Waals surface area contributed by atoms with E-state index in [4.69, 9.17) is 4.84 Å². The molecule has 4 heteroatoms. The van der Waals surface area contributed by atoms with Crippen molar-refractivity contribution in [2.45, 2.75) is 6.04 Å². The van der Waals surface area contributed by atoms with E-state index in [-0.39, 0.29) is 6.04 Å². The first-order valence-electron chi connectivity index (χ1n) is 4.22. The first-order chi connectivity index (χ1) is 6.45. The molecule has 2 aliphatic heterocycles. The zero-order valence-corrected chi connectivity index (χ0v) is 6.97. The summed E-state index contributed by atoms with van der Waals surface area (Å²) in [6.45, 7) is 0.577. The first kappa shape index (κ1) is 6.91. The summed E-state index contributed by atoms with van der Waals surface area (Å²) in [5, 5.41) is 0. The van der Waals surface area contributed by atoms with Crippen LogP contribution < -0.4 is 5.48 Å². The SMILES string of the molecule is C1=CC2=NC=C3NOCN3C2C=C1. The van der Waals surface area contributed by atoms with Crippen molar-refractivity contribution in [3.8, 4) is 0 Å². The van der Waals surface area contributed by atoms with Gasteiger partial charge in [0.15, 0.2) is 0 Å². The zero-order valence-electron chi connectivity index (χ0n) is 6.97. The van der Waals surface area contributed by atoms with E-state index in [1.54, 1.807) is 6.20 Å². The molecule has 1 fully saturated rings. The molecule has 1 N–H and O–H groups in total. The summed E-state index contributed by atoms with van der Waals surface area (Å²) in [6, 6.07) is 0.236. The predicted octanol–water partition coefficient (Wildman–Crippen LogP) is 0.529. The second-order valence-electron chi connectivity index (χ2n) is 3.10. The van der Waals surface area contributed by atoms with Gasteiger partial charge in [0.05, 0.1) is 18.0 Å². The van der Waals surface area contributed by atoms with Crippen molar-refractivity contribution in [2.75, 3.05) is 6.73 Å². The average molecular weight is 175 g/mol. The molecule has 1 saturated heterocycles. The van der Waals surface area contributed by atoms with E-state index >= 15 is 0 Å². The number of hydrogen-bond acceptors (Lipinski definition) is 4. The highest BCUT2D eigenvalue weighted by molar-refractivity contribution is 6.02. The molecular formula is C9H9N3O. The summed E-state index contributed by atoms with van der Waals surface area (Å²) < 4.78 is 0. The Kier molecular flexibility index (Phi) is 1.31. The highest BCUT2D eigenvalue weighted by atomic mass is 16.7. The van der Waals surface area contributed by atoms with Crippen molar-refractivity contribution in [1.82, 2.24) is 10.4 Å². The Morgan fingerprint density at radius 1 is 1.54 bits per heavy atom. The van der Waals surface area contributed by atoms with Crippen molar-refractivity contribution in [3.05, 3.63) is 36.3 Å². The summed E-state index contributed by atoms with van der Waals surface area (Å²) in [7, 11) is 0. The van der Waals surface area contributed by atoms with Crippen molar-refractivity contribution in [3.63, 3.8) is 0 Å². The second-order valence-corrected chi connectivity index (χ2v) is 3.10. The third kappa shape index (κ3) is 0.922. The average Bonchev–Trinajstić information content (AvgIpc) is 2.65. The smallest absolute Gasteiger partial charge is 0.148 e. The molecule has 0 aromatic rings. The molecule has 2 heterocycles. The fraction of sp³-hybridized carbons (Fsp3) is 0.222. The van der Waals surface area contributed by atoms with Crippen LogP contribution in [0.4, 0.5) is 0 Å². The predicted molar refractivity (Wildman–Crippen MR) is 48.5 cm³/mol. The van der Waals surface area contributed by atoms with Crippen molar-refractivity contribution in [2.24, 2.45) is 4.99 Å². The number of hydroxylamine groups is 1. The third-order valence-electron chi connectivity index (χ3n) is 2.34. The molecule has 13 heavy (non-hydrogen) atoms. The lowest BCUT2D eigenvalue weighted by molar-refractivity contribution is 0.0789. The highest BCUT2D eigenvalue weighted by Gasteiger charge is 2.30. The van der Waals surface area contributed by atoms with Gasteiger partial charge in [-0.15, -0.1) is 0 Å². The van der Waals surface area contributed by atoms with Gasteiger partial charge < -0.3 is 4.90 Å². The van der Waals surface area contributed by atoms with E-state index in [9.17, 15) is 0 Å². The van der Waals surface area contributed by atoms with Crippen LogP contribution in [0.2, 0.25) is 0 Å². The minimum atomic E-state index is 0.236. The number of nitrogens with zero attached hydrogens (tertiary/aromatic N) is 2. The minimum Gasteiger partial charge on any atom is -0.318 e. The number of rotatable bonds is 0. The lowest BCUT2D eigenvalue weighted by Gasteiger charge is -2.29. The molecule has 0 bridgehead atoms. The van der Waals surface area contributed by atoms with Crippen LogP contribution in [0.25, 0.3) is 0 Å². The molecule has 66 valence electrons. The molecule has 0 aromatic carbocycles. The Hall–Kier alpha value is -1.55. The Labute approximate surface area is 75.8 Å². The zero-order chi connectivity index (χ0) is 8.67. The Bertz CT molecular complexity index is 354. The molecule has 0 saturated carbocycles. The molecule has 1 unspecified atom stereocenters. The molecule has 3 aliphatic rings. The first-order valence-corrected chi connectivity index (χ1v) is 4.22. The number of aliphatic imine (C=N–C) groups is 1. The number of nitrogens with one attached hydrogen (secondary N) is 1. The van der Waals surface area contributed by atoms with Gasteiger partial charge in [0.25, 0.3) is 0 Å². The van der Waals surface area contributed by atoms with Crippen LogP contribution in [0.1, 0.15) is 0 Å². The molecule has 0 radical (unpaired) electrons. The molecular weight excluding hydrogens is 166 g/mol. The van der Waals surface area contributed by atoms with Crippen LogP contribution in [0, 0.1) is 0 Å². The van der Waals surface area contributed by atoms with E-state index in [0.29, 0.717) is 6.73 Å². The fourth-order valence-corrected chi connectivity index (χ4v) is 1.67. The second kappa shape index (κ2) is 2.47. The van der Waals surface area contributed by atoms with Gasteiger partial charge in [-0.1, -0.05) is 18.2 Å². The van der Waals surface area contributed by atoms with Gasteiger partial charge in [0, 0.05) is 0 Å². The van der Waals surface area contributed by atoms with Crippen LogP contribution in [0.3, 0.4) is 0 Å². The van der Waals surface area contributed by atoms with Crippen LogP contribution in [-0.4, -0.2) is 23.4 Å². The highest BCUT2D eigenvalue weighted by Crippen LogP contribution is 2.21. The van der Waals surface area contributed by atoms with Gasteiger partial charge in [-0.25, -0.2) is 5.48 Å². The maximum absolute atomic E-state index is 5.12. The molecule has 0 aromatic heterocycles. The van der Waals surface area contributed by atoms with E-state index in [1.165, 1.54) is 0 Å².